The van der Waals surface area contributed by atoms with Gasteiger partial charge in [0.25, 0.3) is 0 Å². The van der Waals surface area contributed by atoms with Gasteiger partial charge in [-0.25, -0.2) is 0 Å². The first-order chi connectivity index (χ1) is 7.15. The molecule has 0 aromatic carbocycles. The minimum absolute atomic E-state index is 0.314. The van der Waals surface area contributed by atoms with Crippen LogP contribution < -0.4 is 0 Å². The number of hydrogen-bond acceptors (Lipinski definition) is 4. The van der Waals surface area contributed by atoms with Crippen LogP contribution in [0, 0.1) is 6.92 Å². The van der Waals surface area contributed by atoms with Crippen molar-refractivity contribution in [3.8, 4) is 0 Å². The molecule has 0 bridgehead atoms. The second-order valence-electron chi connectivity index (χ2n) is 4.35. The van der Waals surface area contributed by atoms with Crippen LogP contribution in [0.2, 0.25) is 0 Å². The Hall–Kier alpha value is -0.870. The van der Waals surface area contributed by atoms with Gasteiger partial charge in [0.2, 0.25) is 0 Å². The minimum atomic E-state index is 0.314. The summed E-state index contributed by atoms with van der Waals surface area (Å²) < 4.78 is 10.6. The molecule has 1 aromatic heterocycles. The molecule has 1 aromatic rings. The first-order valence-corrected chi connectivity index (χ1v) is 5.43. The second kappa shape index (κ2) is 4.33. The Balaban J connectivity index is 1.98. The number of aromatic nitrogens is 1. The Morgan fingerprint density at radius 3 is 3.00 bits per heavy atom. The molecule has 2 unspecified atom stereocenters. The normalized spacial score (nSPS) is 28.2. The quantitative estimate of drug-likeness (QED) is 0.743. The minimum Gasteiger partial charge on any atom is -0.376 e. The zero-order valence-electron chi connectivity index (χ0n) is 9.56. The van der Waals surface area contributed by atoms with E-state index in [1.54, 1.807) is 0 Å². The van der Waals surface area contributed by atoms with E-state index in [0.29, 0.717) is 12.1 Å². The Bertz CT molecular complexity index is 324. The van der Waals surface area contributed by atoms with Crippen LogP contribution in [0.1, 0.15) is 25.3 Å². The van der Waals surface area contributed by atoms with Crippen LogP contribution in [0.25, 0.3) is 0 Å². The average molecular weight is 210 g/mol. The molecule has 1 aliphatic heterocycles. The highest BCUT2D eigenvalue weighted by Gasteiger charge is 2.23. The van der Waals surface area contributed by atoms with E-state index in [1.807, 2.05) is 13.0 Å². The standard InChI is InChI=1S/C11H18N2O2/c1-8-7-14-10(3)5-13(8)6-11-4-9(2)15-12-11/h4,8,10H,5-7H2,1-3H3. The molecular formula is C11H18N2O2. The van der Waals surface area contributed by atoms with Gasteiger partial charge in [-0.15, -0.1) is 0 Å². The summed E-state index contributed by atoms with van der Waals surface area (Å²) in [4.78, 5) is 2.38. The summed E-state index contributed by atoms with van der Waals surface area (Å²) in [5.74, 6) is 0.874. The maximum Gasteiger partial charge on any atom is 0.133 e. The summed E-state index contributed by atoms with van der Waals surface area (Å²) in [6.07, 6.45) is 0.314. The topological polar surface area (TPSA) is 38.5 Å². The molecule has 1 fully saturated rings. The van der Waals surface area contributed by atoms with Crippen LogP contribution in [0.5, 0.6) is 0 Å². The molecule has 1 aliphatic rings. The monoisotopic (exact) mass is 210 g/mol. The predicted octanol–water partition coefficient (Wildman–Crippen LogP) is 1.59. The largest absolute Gasteiger partial charge is 0.376 e. The van der Waals surface area contributed by atoms with E-state index in [9.17, 15) is 0 Å². The van der Waals surface area contributed by atoms with Crippen LogP contribution in [-0.4, -0.2) is 35.4 Å². The maximum absolute atomic E-state index is 5.58. The van der Waals surface area contributed by atoms with Crippen molar-refractivity contribution in [2.75, 3.05) is 13.2 Å². The fourth-order valence-electron chi connectivity index (χ4n) is 1.89. The van der Waals surface area contributed by atoms with Crippen LogP contribution in [0.4, 0.5) is 0 Å². The number of rotatable bonds is 2. The number of ether oxygens (including phenoxy) is 1. The molecule has 15 heavy (non-hydrogen) atoms. The first kappa shape index (κ1) is 10.6. The van der Waals surface area contributed by atoms with Gasteiger partial charge >= 0.3 is 0 Å². The molecule has 0 saturated carbocycles. The van der Waals surface area contributed by atoms with Gasteiger partial charge in [-0.1, -0.05) is 5.16 Å². The zero-order chi connectivity index (χ0) is 10.8. The summed E-state index contributed by atoms with van der Waals surface area (Å²) in [7, 11) is 0. The van der Waals surface area contributed by atoms with Gasteiger partial charge in [0.05, 0.1) is 18.4 Å². The van der Waals surface area contributed by atoms with E-state index < -0.39 is 0 Å². The molecule has 0 spiro atoms. The Morgan fingerprint density at radius 1 is 1.53 bits per heavy atom. The van der Waals surface area contributed by atoms with Crippen molar-refractivity contribution in [1.82, 2.24) is 10.1 Å². The van der Waals surface area contributed by atoms with E-state index >= 15 is 0 Å². The van der Waals surface area contributed by atoms with E-state index in [4.69, 9.17) is 9.26 Å². The molecule has 4 nitrogen and oxygen atoms in total. The number of morpholine rings is 1. The van der Waals surface area contributed by atoms with Gasteiger partial charge in [0.15, 0.2) is 0 Å². The molecule has 0 radical (unpaired) electrons. The molecule has 0 aliphatic carbocycles. The Kier molecular flexibility index (Phi) is 3.07. The van der Waals surface area contributed by atoms with Crippen molar-refractivity contribution < 1.29 is 9.26 Å². The van der Waals surface area contributed by atoms with Crippen molar-refractivity contribution in [3.05, 3.63) is 17.5 Å². The smallest absolute Gasteiger partial charge is 0.133 e. The van der Waals surface area contributed by atoms with Crippen LogP contribution in [0.3, 0.4) is 0 Å². The summed E-state index contributed by atoms with van der Waals surface area (Å²) in [5.41, 5.74) is 1.01. The molecule has 4 heteroatoms. The molecule has 0 N–H and O–H groups in total. The lowest BCUT2D eigenvalue weighted by Crippen LogP contribution is -2.46. The van der Waals surface area contributed by atoms with Crippen molar-refractivity contribution in [2.45, 2.75) is 39.5 Å². The molecular weight excluding hydrogens is 192 g/mol. The Labute approximate surface area is 90.2 Å². The highest BCUT2D eigenvalue weighted by molar-refractivity contribution is 5.03. The lowest BCUT2D eigenvalue weighted by molar-refractivity contribution is -0.0532. The van der Waals surface area contributed by atoms with Gasteiger partial charge < -0.3 is 9.26 Å². The van der Waals surface area contributed by atoms with E-state index in [0.717, 1.165) is 31.2 Å². The maximum atomic E-state index is 5.58. The molecule has 2 atom stereocenters. The van der Waals surface area contributed by atoms with Gasteiger partial charge in [0, 0.05) is 25.2 Å². The van der Waals surface area contributed by atoms with Gasteiger partial charge in [-0.05, 0) is 20.8 Å². The molecule has 2 heterocycles. The number of hydrogen-bond donors (Lipinski definition) is 0. The fraction of sp³-hybridized carbons (Fsp3) is 0.727. The number of nitrogens with zero attached hydrogens (tertiary/aromatic N) is 2. The summed E-state index contributed by atoms with van der Waals surface area (Å²) in [5, 5.41) is 4.01. The third-order valence-corrected chi connectivity index (χ3v) is 2.78. The van der Waals surface area contributed by atoms with Crippen LogP contribution >= 0.6 is 0 Å². The van der Waals surface area contributed by atoms with Crippen molar-refractivity contribution >= 4 is 0 Å². The Morgan fingerprint density at radius 2 is 2.33 bits per heavy atom. The highest BCUT2D eigenvalue weighted by atomic mass is 16.5. The predicted molar refractivity (Wildman–Crippen MR) is 56.5 cm³/mol. The van der Waals surface area contributed by atoms with Crippen molar-refractivity contribution in [1.29, 1.82) is 0 Å². The van der Waals surface area contributed by atoms with Crippen LogP contribution in [-0.2, 0) is 11.3 Å². The highest BCUT2D eigenvalue weighted by Crippen LogP contribution is 2.15. The molecule has 84 valence electrons. The third kappa shape index (κ3) is 2.58. The van der Waals surface area contributed by atoms with E-state index in [-0.39, 0.29) is 0 Å². The van der Waals surface area contributed by atoms with Crippen molar-refractivity contribution in [2.24, 2.45) is 0 Å². The molecule has 0 amide bonds. The van der Waals surface area contributed by atoms with Crippen molar-refractivity contribution in [3.63, 3.8) is 0 Å². The van der Waals surface area contributed by atoms with Gasteiger partial charge in [-0.2, -0.15) is 0 Å². The van der Waals surface area contributed by atoms with Crippen LogP contribution in [0.15, 0.2) is 10.6 Å². The molecule has 1 saturated heterocycles. The fourth-order valence-corrected chi connectivity index (χ4v) is 1.89. The average Bonchev–Trinajstić information content (AvgIpc) is 2.58. The van der Waals surface area contributed by atoms with E-state index in [2.05, 4.69) is 23.9 Å². The summed E-state index contributed by atoms with van der Waals surface area (Å²) >= 11 is 0. The lowest BCUT2D eigenvalue weighted by Gasteiger charge is -2.36. The summed E-state index contributed by atoms with van der Waals surface area (Å²) in [6, 6.07) is 2.45. The summed E-state index contributed by atoms with van der Waals surface area (Å²) in [6.45, 7) is 8.82. The zero-order valence-corrected chi connectivity index (χ0v) is 9.56. The first-order valence-electron chi connectivity index (χ1n) is 5.43. The van der Waals surface area contributed by atoms with E-state index in [1.165, 1.54) is 0 Å². The third-order valence-electron chi connectivity index (χ3n) is 2.78. The lowest BCUT2D eigenvalue weighted by atomic mass is 10.2. The number of aryl methyl sites for hydroxylation is 1. The SMILES string of the molecule is Cc1cc(CN2CC(C)OCC2C)no1. The molecule has 2 rings (SSSR count). The second-order valence-corrected chi connectivity index (χ2v) is 4.35. The van der Waals surface area contributed by atoms with Gasteiger partial charge in [-0.3, -0.25) is 4.90 Å². The van der Waals surface area contributed by atoms with Gasteiger partial charge in [0.1, 0.15) is 5.76 Å².